The third kappa shape index (κ3) is 2.80. The Kier molecular flexibility index (Phi) is 3.70. The summed E-state index contributed by atoms with van der Waals surface area (Å²) in [7, 11) is 1.52. The quantitative estimate of drug-likeness (QED) is 0.946. The molecule has 88 valence electrons. The number of ether oxygens (including phenoxy) is 1. The number of rotatable bonds is 3. The van der Waals surface area contributed by atoms with Crippen LogP contribution in [-0.2, 0) is 0 Å². The molecule has 2 rings (SSSR count). The number of halogens is 1. The molecule has 0 fully saturated rings. The third-order valence-corrected chi connectivity index (χ3v) is 3.08. The summed E-state index contributed by atoms with van der Waals surface area (Å²) in [6.07, 6.45) is 1.49. The molecular formula is C10H8BrN3O2S. The minimum atomic E-state index is -0.250. The summed E-state index contributed by atoms with van der Waals surface area (Å²) >= 11 is 4.44. The fourth-order valence-electron chi connectivity index (χ4n) is 1.25. The second-order valence-corrected chi connectivity index (χ2v) is 4.78. The molecule has 1 heterocycles. The van der Waals surface area contributed by atoms with Gasteiger partial charge in [-0.25, -0.2) is 0 Å². The molecule has 1 aromatic heterocycles. The number of nitrogens with zero attached hydrogens (tertiary/aromatic N) is 2. The lowest BCUT2D eigenvalue weighted by atomic mass is 10.2. The van der Waals surface area contributed by atoms with E-state index in [-0.39, 0.29) is 5.91 Å². The summed E-state index contributed by atoms with van der Waals surface area (Å²) in [4.78, 5) is 11.9. The van der Waals surface area contributed by atoms with E-state index >= 15 is 0 Å². The van der Waals surface area contributed by atoms with E-state index in [1.54, 1.807) is 18.2 Å². The molecule has 0 aliphatic rings. The van der Waals surface area contributed by atoms with Gasteiger partial charge < -0.3 is 10.1 Å². The number of aromatic nitrogens is 2. The average Bonchev–Trinajstić information content (AvgIpc) is 2.81. The van der Waals surface area contributed by atoms with Crippen LogP contribution in [-0.4, -0.2) is 22.6 Å². The lowest BCUT2D eigenvalue weighted by molar-refractivity contribution is 0.102. The molecule has 0 radical (unpaired) electrons. The van der Waals surface area contributed by atoms with Crippen molar-refractivity contribution in [2.45, 2.75) is 0 Å². The molecule has 7 heteroatoms. The molecule has 0 saturated carbocycles. The highest BCUT2D eigenvalue weighted by atomic mass is 79.9. The summed E-state index contributed by atoms with van der Waals surface area (Å²) in [5, 5.41) is 6.93. The van der Waals surface area contributed by atoms with Crippen molar-refractivity contribution >= 4 is 38.4 Å². The van der Waals surface area contributed by atoms with Crippen LogP contribution in [0.15, 0.2) is 28.9 Å². The maximum absolute atomic E-state index is 11.9. The first-order valence-electron chi connectivity index (χ1n) is 4.63. The monoisotopic (exact) mass is 313 g/mol. The third-order valence-electron chi connectivity index (χ3n) is 2.01. The summed E-state index contributed by atoms with van der Waals surface area (Å²) in [5.74, 6) is 0.259. The van der Waals surface area contributed by atoms with Crippen molar-refractivity contribution in [2.24, 2.45) is 0 Å². The topological polar surface area (TPSA) is 64.1 Å². The summed E-state index contributed by atoms with van der Waals surface area (Å²) < 4.78 is 9.66. The van der Waals surface area contributed by atoms with E-state index in [0.717, 1.165) is 16.0 Å². The Morgan fingerprint density at radius 3 is 3.00 bits per heavy atom. The van der Waals surface area contributed by atoms with Crippen molar-refractivity contribution in [1.82, 2.24) is 9.59 Å². The standard InChI is InChI=1S/C10H8BrN3O2S/c1-16-8-4-6(11)2-3-7(8)10(15)13-9-5-12-14-17-9/h2-5H,1H3,(H,13,15). The molecule has 17 heavy (non-hydrogen) atoms. The van der Waals surface area contributed by atoms with Crippen molar-refractivity contribution < 1.29 is 9.53 Å². The van der Waals surface area contributed by atoms with Gasteiger partial charge in [-0.15, -0.1) is 5.10 Å². The minimum Gasteiger partial charge on any atom is -0.496 e. The van der Waals surface area contributed by atoms with Gasteiger partial charge in [0.2, 0.25) is 0 Å². The lowest BCUT2D eigenvalue weighted by Gasteiger charge is -2.08. The zero-order chi connectivity index (χ0) is 12.3. The molecule has 0 spiro atoms. The number of amides is 1. The fourth-order valence-corrected chi connectivity index (χ4v) is 2.01. The first-order chi connectivity index (χ1) is 8.20. The van der Waals surface area contributed by atoms with Crippen molar-refractivity contribution in [3.05, 3.63) is 34.4 Å². The number of carbonyl (C=O) groups excluding carboxylic acids is 1. The van der Waals surface area contributed by atoms with Gasteiger partial charge in [-0.3, -0.25) is 4.79 Å². The zero-order valence-corrected chi connectivity index (χ0v) is 11.2. The second kappa shape index (κ2) is 5.24. The number of nitrogens with one attached hydrogen (secondary N) is 1. The van der Waals surface area contributed by atoms with Crippen LogP contribution in [0.25, 0.3) is 0 Å². The van der Waals surface area contributed by atoms with Crippen molar-refractivity contribution in [2.75, 3.05) is 12.4 Å². The smallest absolute Gasteiger partial charge is 0.260 e. The van der Waals surface area contributed by atoms with Gasteiger partial charge in [0, 0.05) is 16.0 Å². The van der Waals surface area contributed by atoms with Crippen LogP contribution in [0.3, 0.4) is 0 Å². The first-order valence-corrected chi connectivity index (χ1v) is 6.19. The van der Waals surface area contributed by atoms with Crippen LogP contribution in [0.4, 0.5) is 5.00 Å². The maximum Gasteiger partial charge on any atom is 0.260 e. The van der Waals surface area contributed by atoms with Gasteiger partial charge in [-0.1, -0.05) is 20.4 Å². The Hall–Kier alpha value is -1.47. The highest BCUT2D eigenvalue weighted by molar-refractivity contribution is 9.10. The molecule has 0 saturated heterocycles. The molecule has 0 aliphatic heterocycles. The lowest BCUT2D eigenvalue weighted by Crippen LogP contribution is -2.12. The minimum absolute atomic E-state index is 0.250. The molecule has 0 aliphatic carbocycles. The van der Waals surface area contributed by atoms with Gasteiger partial charge in [0.25, 0.3) is 5.91 Å². The Morgan fingerprint density at radius 2 is 2.35 bits per heavy atom. The SMILES string of the molecule is COc1cc(Br)ccc1C(=O)Nc1cnns1. The van der Waals surface area contributed by atoms with Crippen LogP contribution in [0.1, 0.15) is 10.4 Å². The van der Waals surface area contributed by atoms with E-state index in [1.165, 1.54) is 13.3 Å². The summed E-state index contributed by atoms with van der Waals surface area (Å²) in [5.41, 5.74) is 0.462. The van der Waals surface area contributed by atoms with Crippen molar-refractivity contribution in [3.63, 3.8) is 0 Å². The predicted octanol–water partition coefficient (Wildman–Crippen LogP) is 2.56. The Bertz CT molecular complexity index is 530. The normalized spacial score (nSPS) is 10.0. The largest absolute Gasteiger partial charge is 0.496 e. The average molecular weight is 314 g/mol. The number of anilines is 1. The van der Waals surface area contributed by atoms with Crippen molar-refractivity contribution in [1.29, 1.82) is 0 Å². The Morgan fingerprint density at radius 1 is 1.53 bits per heavy atom. The molecule has 1 N–H and O–H groups in total. The number of hydrogen-bond donors (Lipinski definition) is 1. The molecular weight excluding hydrogens is 306 g/mol. The molecule has 0 bridgehead atoms. The number of carbonyl (C=O) groups is 1. The van der Waals surface area contributed by atoms with Crippen LogP contribution in [0, 0.1) is 0 Å². The molecule has 1 amide bonds. The van der Waals surface area contributed by atoms with Crippen LogP contribution in [0.5, 0.6) is 5.75 Å². The van der Waals surface area contributed by atoms with Gasteiger partial charge in [0.15, 0.2) is 0 Å². The molecule has 0 atom stereocenters. The predicted molar refractivity (Wildman–Crippen MR) is 68.6 cm³/mol. The number of benzene rings is 1. The second-order valence-electron chi connectivity index (χ2n) is 3.08. The van der Waals surface area contributed by atoms with Gasteiger partial charge in [0.05, 0.1) is 18.9 Å². The first kappa shape index (κ1) is 12.0. The van der Waals surface area contributed by atoms with E-state index in [1.807, 2.05) is 0 Å². The highest BCUT2D eigenvalue weighted by Crippen LogP contribution is 2.24. The summed E-state index contributed by atoms with van der Waals surface area (Å²) in [6.45, 7) is 0. The molecule has 0 unspecified atom stereocenters. The fraction of sp³-hybridized carbons (Fsp3) is 0.100. The maximum atomic E-state index is 11.9. The van der Waals surface area contributed by atoms with Gasteiger partial charge >= 0.3 is 0 Å². The van der Waals surface area contributed by atoms with Gasteiger partial charge in [-0.05, 0) is 18.2 Å². The highest BCUT2D eigenvalue weighted by Gasteiger charge is 2.13. The number of methoxy groups -OCH3 is 1. The molecule has 2 aromatic rings. The van der Waals surface area contributed by atoms with Gasteiger partial charge in [0.1, 0.15) is 10.8 Å². The van der Waals surface area contributed by atoms with Crippen LogP contribution >= 0.6 is 27.5 Å². The van der Waals surface area contributed by atoms with Gasteiger partial charge in [-0.2, -0.15) is 0 Å². The summed E-state index contributed by atoms with van der Waals surface area (Å²) in [6, 6.07) is 5.20. The van der Waals surface area contributed by atoms with Crippen LogP contribution < -0.4 is 10.1 Å². The van der Waals surface area contributed by atoms with E-state index in [4.69, 9.17) is 4.74 Å². The number of hydrogen-bond acceptors (Lipinski definition) is 5. The molecule has 5 nitrogen and oxygen atoms in total. The zero-order valence-electron chi connectivity index (χ0n) is 8.81. The van der Waals surface area contributed by atoms with E-state index < -0.39 is 0 Å². The van der Waals surface area contributed by atoms with E-state index in [9.17, 15) is 4.79 Å². The van der Waals surface area contributed by atoms with Crippen LogP contribution in [0.2, 0.25) is 0 Å². The Labute approximate surface area is 110 Å². The van der Waals surface area contributed by atoms with E-state index in [0.29, 0.717) is 16.3 Å². The van der Waals surface area contributed by atoms with E-state index in [2.05, 4.69) is 30.8 Å². The molecule has 1 aromatic carbocycles. The Balaban J connectivity index is 2.24. The van der Waals surface area contributed by atoms with Crippen molar-refractivity contribution in [3.8, 4) is 5.75 Å².